The number of benzene rings is 1. The first kappa shape index (κ1) is 10.8. The van der Waals surface area contributed by atoms with E-state index in [1.807, 2.05) is 6.07 Å². The Kier molecular flexibility index (Phi) is 3.00. The van der Waals surface area contributed by atoms with Gasteiger partial charge in [-0.05, 0) is 18.6 Å². The third-order valence-corrected chi connectivity index (χ3v) is 2.44. The van der Waals surface area contributed by atoms with Crippen molar-refractivity contribution in [1.82, 2.24) is 0 Å². The zero-order valence-electron chi connectivity index (χ0n) is 7.79. The van der Waals surface area contributed by atoms with Crippen molar-refractivity contribution in [1.29, 1.82) is 5.26 Å². The van der Waals surface area contributed by atoms with E-state index in [4.69, 9.17) is 22.6 Å². The van der Waals surface area contributed by atoms with Crippen LogP contribution in [-0.2, 0) is 5.54 Å². The van der Waals surface area contributed by atoms with E-state index in [-0.39, 0.29) is 17.2 Å². The lowest BCUT2D eigenvalue weighted by atomic mass is 9.90. The Morgan fingerprint density at radius 3 is 2.86 bits per heavy atom. The summed E-state index contributed by atoms with van der Waals surface area (Å²) >= 11 is 5.87. The van der Waals surface area contributed by atoms with Crippen molar-refractivity contribution in [3.8, 4) is 11.8 Å². The molecule has 1 aromatic carbocycles. The fraction of sp³-hybridized carbons (Fsp3) is 0.300. The minimum absolute atomic E-state index is 0.0150. The maximum absolute atomic E-state index is 9.36. The average molecular weight is 211 g/mol. The summed E-state index contributed by atoms with van der Waals surface area (Å²) in [5.41, 5.74) is 5.66. The average Bonchev–Trinajstić information content (AvgIpc) is 2.09. The fourth-order valence-corrected chi connectivity index (χ4v) is 1.56. The molecule has 1 atom stereocenters. The predicted molar refractivity (Wildman–Crippen MR) is 54.9 cm³/mol. The molecular weight excluding hydrogens is 200 g/mol. The number of halogens is 1. The van der Waals surface area contributed by atoms with Crippen LogP contribution < -0.4 is 5.73 Å². The van der Waals surface area contributed by atoms with E-state index in [0.717, 1.165) is 0 Å². The third kappa shape index (κ3) is 1.98. The van der Waals surface area contributed by atoms with Gasteiger partial charge in [0.15, 0.2) is 0 Å². The number of nitrogens with zero attached hydrogens (tertiary/aromatic N) is 1. The number of nitrogens with two attached hydrogens (primary N) is 1. The summed E-state index contributed by atoms with van der Waals surface area (Å²) in [6, 6.07) is 6.83. The van der Waals surface area contributed by atoms with Crippen LogP contribution in [0.3, 0.4) is 0 Å². The highest BCUT2D eigenvalue weighted by atomic mass is 35.5. The van der Waals surface area contributed by atoms with Gasteiger partial charge in [0, 0.05) is 0 Å². The summed E-state index contributed by atoms with van der Waals surface area (Å²) in [4.78, 5) is 0. The molecule has 0 aliphatic rings. The lowest BCUT2D eigenvalue weighted by Gasteiger charge is -2.23. The first-order valence-corrected chi connectivity index (χ1v) is 4.50. The Hall–Kier alpha value is -1.24. The Labute approximate surface area is 87.7 Å². The molecule has 0 saturated carbocycles. The molecule has 14 heavy (non-hydrogen) atoms. The zero-order valence-corrected chi connectivity index (χ0v) is 8.54. The molecule has 0 bridgehead atoms. The topological polar surface area (TPSA) is 70.0 Å². The minimum Gasteiger partial charge on any atom is -0.506 e. The highest BCUT2D eigenvalue weighted by Crippen LogP contribution is 2.34. The van der Waals surface area contributed by atoms with E-state index in [1.54, 1.807) is 19.1 Å². The second-order valence-corrected chi connectivity index (χ2v) is 3.77. The van der Waals surface area contributed by atoms with Gasteiger partial charge in [0.2, 0.25) is 0 Å². The van der Waals surface area contributed by atoms with Gasteiger partial charge in [-0.1, -0.05) is 23.7 Å². The van der Waals surface area contributed by atoms with Crippen LogP contribution in [-0.4, -0.2) is 5.11 Å². The molecule has 1 unspecified atom stereocenters. The van der Waals surface area contributed by atoms with Crippen molar-refractivity contribution < 1.29 is 5.11 Å². The Morgan fingerprint density at radius 2 is 2.29 bits per heavy atom. The van der Waals surface area contributed by atoms with Crippen molar-refractivity contribution in [2.75, 3.05) is 0 Å². The van der Waals surface area contributed by atoms with Crippen molar-refractivity contribution in [2.24, 2.45) is 5.73 Å². The summed E-state index contributed by atoms with van der Waals surface area (Å²) < 4.78 is 0. The molecule has 1 aromatic rings. The monoisotopic (exact) mass is 210 g/mol. The molecule has 0 fully saturated rings. The first-order chi connectivity index (χ1) is 6.49. The maximum Gasteiger partial charge on any atom is 0.134 e. The highest BCUT2D eigenvalue weighted by molar-refractivity contribution is 6.32. The molecule has 0 spiro atoms. The number of aromatic hydroxyl groups is 1. The highest BCUT2D eigenvalue weighted by Gasteiger charge is 2.24. The number of phenolic OH excluding ortho intramolecular Hbond substituents is 1. The molecule has 0 aromatic heterocycles. The number of hydrogen-bond donors (Lipinski definition) is 2. The van der Waals surface area contributed by atoms with Crippen LogP contribution in [0.5, 0.6) is 5.75 Å². The first-order valence-electron chi connectivity index (χ1n) is 4.13. The predicted octanol–water partition coefficient (Wildman–Crippen LogP) is 2.13. The second-order valence-electron chi connectivity index (χ2n) is 3.39. The van der Waals surface area contributed by atoms with Gasteiger partial charge in [-0.2, -0.15) is 5.26 Å². The van der Waals surface area contributed by atoms with Crippen LogP contribution in [0, 0.1) is 11.3 Å². The maximum atomic E-state index is 9.36. The standard InChI is InChI=1S/C10H11ClN2O/c1-10(13,5-6-12)7-3-2-4-8(14)9(7)11/h2-4,14H,5,13H2,1H3. The molecule has 1 rings (SSSR count). The summed E-state index contributed by atoms with van der Waals surface area (Å²) in [5.74, 6) is -0.0150. The van der Waals surface area contributed by atoms with E-state index in [1.165, 1.54) is 6.07 Å². The van der Waals surface area contributed by atoms with Gasteiger partial charge in [-0.25, -0.2) is 0 Å². The second kappa shape index (κ2) is 3.87. The third-order valence-electron chi connectivity index (χ3n) is 2.04. The van der Waals surface area contributed by atoms with Gasteiger partial charge in [-0.15, -0.1) is 0 Å². The van der Waals surface area contributed by atoms with E-state index >= 15 is 0 Å². The molecule has 0 heterocycles. The van der Waals surface area contributed by atoms with Crippen molar-refractivity contribution >= 4 is 11.6 Å². The molecule has 3 N–H and O–H groups in total. The summed E-state index contributed by atoms with van der Waals surface area (Å²) in [7, 11) is 0. The SMILES string of the molecule is CC(N)(CC#N)c1cccc(O)c1Cl. The number of phenols is 1. The van der Waals surface area contributed by atoms with Crippen LogP contribution in [0.2, 0.25) is 5.02 Å². The Bertz CT molecular complexity index is 382. The number of nitriles is 1. The summed E-state index contributed by atoms with van der Waals surface area (Å²) in [6.45, 7) is 1.71. The van der Waals surface area contributed by atoms with Gasteiger partial charge < -0.3 is 10.8 Å². The normalized spacial score (nSPS) is 14.4. The molecular formula is C10H11ClN2O. The number of rotatable bonds is 2. The van der Waals surface area contributed by atoms with E-state index in [9.17, 15) is 5.11 Å². The van der Waals surface area contributed by atoms with Crippen LogP contribution in [0.25, 0.3) is 0 Å². The lowest BCUT2D eigenvalue weighted by Crippen LogP contribution is -2.32. The quantitative estimate of drug-likeness (QED) is 0.786. The van der Waals surface area contributed by atoms with Gasteiger partial charge in [0.25, 0.3) is 0 Å². The Balaban J connectivity index is 3.20. The van der Waals surface area contributed by atoms with Gasteiger partial charge >= 0.3 is 0 Å². The van der Waals surface area contributed by atoms with E-state index in [2.05, 4.69) is 0 Å². The van der Waals surface area contributed by atoms with Crippen LogP contribution in [0.4, 0.5) is 0 Å². The molecule has 0 aliphatic carbocycles. The van der Waals surface area contributed by atoms with Crippen molar-refractivity contribution in [3.05, 3.63) is 28.8 Å². The smallest absolute Gasteiger partial charge is 0.134 e. The minimum atomic E-state index is -0.829. The van der Waals surface area contributed by atoms with E-state index in [0.29, 0.717) is 5.56 Å². The van der Waals surface area contributed by atoms with Crippen LogP contribution in [0.15, 0.2) is 18.2 Å². The lowest BCUT2D eigenvalue weighted by molar-refractivity contribution is 0.464. The fourth-order valence-electron chi connectivity index (χ4n) is 1.22. The molecule has 4 heteroatoms. The Morgan fingerprint density at radius 1 is 1.64 bits per heavy atom. The van der Waals surface area contributed by atoms with Gasteiger partial charge in [-0.3, -0.25) is 0 Å². The molecule has 74 valence electrons. The van der Waals surface area contributed by atoms with Crippen molar-refractivity contribution in [2.45, 2.75) is 18.9 Å². The van der Waals surface area contributed by atoms with Gasteiger partial charge in [0.05, 0.1) is 23.1 Å². The summed E-state index contributed by atoms with van der Waals surface area (Å²) in [5, 5.41) is 18.2. The molecule has 0 saturated heterocycles. The largest absolute Gasteiger partial charge is 0.506 e. The van der Waals surface area contributed by atoms with Crippen LogP contribution in [0.1, 0.15) is 18.9 Å². The molecule has 0 aliphatic heterocycles. The zero-order chi connectivity index (χ0) is 10.8. The van der Waals surface area contributed by atoms with Crippen molar-refractivity contribution in [3.63, 3.8) is 0 Å². The summed E-state index contributed by atoms with van der Waals surface area (Å²) in [6.07, 6.45) is 0.149. The number of hydrogen-bond acceptors (Lipinski definition) is 3. The molecule has 0 radical (unpaired) electrons. The molecule has 3 nitrogen and oxygen atoms in total. The van der Waals surface area contributed by atoms with E-state index < -0.39 is 5.54 Å². The molecule has 0 amide bonds. The van der Waals surface area contributed by atoms with Crippen LogP contribution >= 0.6 is 11.6 Å². The van der Waals surface area contributed by atoms with Gasteiger partial charge in [0.1, 0.15) is 5.75 Å².